The van der Waals surface area contributed by atoms with Gasteiger partial charge < -0.3 is 10.2 Å². The van der Waals surface area contributed by atoms with Gasteiger partial charge in [-0.2, -0.15) is 0 Å². The van der Waals surface area contributed by atoms with Gasteiger partial charge in [0.2, 0.25) is 0 Å². The molecule has 0 aliphatic carbocycles. The van der Waals surface area contributed by atoms with Crippen molar-refractivity contribution in [3.05, 3.63) is 29.3 Å². The fourth-order valence-corrected chi connectivity index (χ4v) is 2.46. The Labute approximate surface area is 98.7 Å². The zero-order valence-electron chi connectivity index (χ0n) is 10.6. The van der Waals surface area contributed by atoms with Crippen LogP contribution in [0.15, 0.2) is 18.2 Å². The summed E-state index contributed by atoms with van der Waals surface area (Å²) in [5, 5.41) is 3.40. The topological polar surface area (TPSA) is 15.3 Å². The monoisotopic (exact) mass is 218 g/mol. The lowest BCUT2D eigenvalue weighted by Gasteiger charge is -2.19. The molecule has 1 aromatic carbocycles. The molecule has 0 amide bonds. The van der Waals surface area contributed by atoms with E-state index in [0.717, 1.165) is 25.6 Å². The summed E-state index contributed by atoms with van der Waals surface area (Å²) in [4.78, 5) is 2.40. The number of fused-ring (bicyclic) bond motifs is 1. The average Bonchev–Trinajstić information content (AvgIpc) is 2.63. The number of rotatable bonds is 4. The predicted octanol–water partition coefficient (Wildman–Crippen LogP) is 2.74. The minimum absolute atomic E-state index is 0.737. The van der Waals surface area contributed by atoms with Crippen molar-refractivity contribution in [2.45, 2.75) is 26.8 Å². The number of hydrogen-bond acceptors (Lipinski definition) is 2. The first-order valence-electron chi connectivity index (χ1n) is 6.19. The van der Waals surface area contributed by atoms with E-state index >= 15 is 0 Å². The van der Waals surface area contributed by atoms with Crippen molar-refractivity contribution in [3.63, 3.8) is 0 Å². The van der Waals surface area contributed by atoms with Gasteiger partial charge in [-0.25, -0.2) is 0 Å². The second kappa shape index (κ2) is 4.88. The fraction of sp³-hybridized carbons (Fsp3) is 0.571. The third-order valence-electron chi connectivity index (χ3n) is 3.01. The minimum Gasteiger partial charge on any atom is -0.384 e. The maximum absolute atomic E-state index is 3.40. The van der Waals surface area contributed by atoms with Gasteiger partial charge in [-0.1, -0.05) is 26.0 Å². The fourth-order valence-electron chi connectivity index (χ4n) is 2.46. The lowest BCUT2D eigenvalue weighted by atomic mass is 10.1. The molecular weight excluding hydrogens is 196 g/mol. The highest BCUT2D eigenvalue weighted by atomic mass is 15.1. The maximum Gasteiger partial charge on any atom is 0.0373 e. The van der Waals surface area contributed by atoms with Crippen LogP contribution in [0.5, 0.6) is 0 Å². The first-order chi connectivity index (χ1) is 7.65. The molecule has 0 atom stereocenters. The Morgan fingerprint density at radius 1 is 1.38 bits per heavy atom. The summed E-state index contributed by atoms with van der Waals surface area (Å²) in [5.74, 6) is 0.737. The Hall–Kier alpha value is -1.02. The van der Waals surface area contributed by atoms with E-state index in [2.05, 4.69) is 49.3 Å². The molecule has 0 fully saturated rings. The SMILES string of the molecule is CC(C)CN(C)Cc1ccc2c(c1)CCN2. The summed E-state index contributed by atoms with van der Waals surface area (Å²) in [6.45, 7) is 7.85. The van der Waals surface area contributed by atoms with Crippen molar-refractivity contribution >= 4 is 5.69 Å². The molecule has 2 heteroatoms. The van der Waals surface area contributed by atoms with Gasteiger partial charge in [-0.3, -0.25) is 0 Å². The van der Waals surface area contributed by atoms with Gasteiger partial charge in [0.1, 0.15) is 0 Å². The van der Waals surface area contributed by atoms with Crippen molar-refractivity contribution in [1.29, 1.82) is 0 Å². The molecule has 2 rings (SSSR count). The molecule has 1 N–H and O–H groups in total. The van der Waals surface area contributed by atoms with Crippen molar-refractivity contribution in [3.8, 4) is 0 Å². The Kier molecular flexibility index (Phi) is 3.49. The van der Waals surface area contributed by atoms with E-state index in [4.69, 9.17) is 0 Å². The molecule has 0 saturated heterocycles. The second-order valence-electron chi connectivity index (χ2n) is 5.26. The molecule has 16 heavy (non-hydrogen) atoms. The molecule has 0 unspecified atom stereocenters. The van der Waals surface area contributed by atoms with Crippen LogP contribution in [0.25, 0.3) is 0 Å². The second-order valence-corrected chi connectivity index (χ2v) is 5.26. The van der Waals surface area contributed by atoms with Gasteiger partial charge in [-0.15, -0.1) is 0 Å². The molecule has 0 radical (unpaired) electrons. The van der Waals surface area contributed by atoms with Crippen LogP contribution in [0.1, 0.15) is 25.0 Å². The van der Waals surface area contributed by atoms with Gasteiger partial charge in [0.05, 0.1) is 0 Å². The average molecular weight is 218 g/mol. The number of hydrogen-bond donors (Lipinski definition) is 1. The number of nitrogens with zero attached hydrogens (tertiary/aromatic N) is 1. The minimum atomic E-state index is 0.737. The van der Waals surface area contributed by atoms with E-state index in [1.165, 1.54) is 23.2 Å². The highest BCUT2D eigenvalue weighted by molar-refractivity contribution is 5.56. The highest BCUT2D eigenvalue weighted by Gasteiger charge is 2.10. The Balaban J connectivity index is 1.99. The summed E-state index contributed by atoms with van der Waals surface area (Å²) >= 11 is 0. The van der Waals surface area contributed by atoms with Crippen LogP contribution >= 0.6 is 0 Å². The van der Waals surface area contributed by atoms with Crippen LogP contribution in [0.4, 0.5) is 5.69 Å². The summed E-state index contributed by atoms with van der Waals surface area (Å²) in [6.07, 6.45) is 1.18. The molecule has 0 aromatic heterocycles. The van der Waals surface area contributed by atoms with Crippen LogP contribution in [-0.2, 0) is 13.0 Å². The molecule has 88 valence electrons. The number of nitrogens with one attached hydrogen (secondary N) is 1. The summed E-state index contributed by atoms with van der Waals surface area (Å²) < 4.78 is 0. The Morgan fingerprint density at radius 3 is 2.94 bits per heavy atom. The Bertz CT molecular complexity index is 358. The van der Waals surface area contributed by atoms with Gasteiger partial charge in [0.25, 0.3) is 0 Å². The highest BCUT2D eigenvalue weighted by Crippen LogP contribution is 2.23. The molecule has 0 spiro atoms. The normalized spacial score (nSPS) is 14.3. The van der Waals surface area contributed by atoms with E-state index in [1.807, 2.05) is 0 Å². The van der Waals surface area contributed by atoms with Gasteiger partial charge in [0, 0.05) is 25.3 Å². The zero-order valence-corrected chi connectivity index (χ0v) is 10.6. The molecule has 0 saturated carbocycles. The van der Waals surface area contributed by atoms with Crippen molar-refractivity contribution in [2.75, 3.05) is 25.5 Å². The first kappa shape index (κ1) is 11.5. The predicted molar refractivity (Wildman–Crippen MR) is 69.8 cm³/mol. The molecular formula is C14H22N2. The summed E-state index contributed by atoms with van der Waals surface area (Å²) in [6, 6.07) is 6.82. The third kappa shape index (κ3) is 2.76. The van der Waals surface area contributed by atoms with E-state index in [9.17, 15) is 0 Å². The maximum atomic E-state index is 3.40. The van der Waals surface area contributed by atoms with Crippen molar-refractivity contribution in [1.82, 2.24) is 4.90 Å². The summed E-state index contributed by atoms with van der Waals surface area (Å²) in [5.41, 5.74) is 4.25. The lowest BCUT2D eigenvalue weighted by molar-refractivity contribution is 0.288. The van der Waals surface area contributed by atoms with E-state index in [0.29, 0.717) is 0 Å². The molecule has 1 heterocycles. The largest absolute Gasteiger partial charge is 0.384 e. The molecule has 0 bridgehead atoms. The summed E-state index contributed by atoms with van der Waals surface area (Å²) in [7, 11) is 2.20. The van der Waals surface area contributed by atoms with Crippen LogP contribution in [0.3, 0.4) is 0 Å². The van der Waals surface area contributed by atoms with Gasteiger partial charge >= 0.3 is 0 Å². The molecule has 2 nitrogen and oxygen atoms in total. The van der Waals surface area contributed by atoms with Crippen LogP contribution < -0.4 is 5.32 Å². The van der Waals surface area contributed by atoms with E-state index in [1.54, 1.807) is 0 Å². The number of anilines is 1. The van der Waals surface area contributed by atoms with Crippen LogP contribution in [0.2, 0.25) is 0 Å². The molecule has 1 aliphatic heterocycles. The number of benzene rings is 1. The molecule has 1 aromatic rings. The van der Waals surface area contributed by atoms with Crippen molar-refractivity contribution in [2.24, 2.45) is 5.92 Å². The third-order valence-corrected chi connectivity index (χ3v) is 3.01. The van der Waals surface area contributed by atoms with Gasteiger partial charge in [-0.05, 0) is 36.6 Å². The van der Waals surface area contributed by atoms with E-state index < -0.39 is 0 Å². The quantitative estimate of drug-likeness (QED) is 0.836. The molecule has 1 aliphatic rings. The van der Waals surface area contributed by atoms with Crippen molar-refractivity contribution < 1.29 is 0 Å². The van der Waals surface area contributed by atoms with Gasteiger partial charge in [0.15, 0.2) is 0 Å². The van der Waals surface area contributed by atoms with E-state index in [-0.39, 0.29) is 0 Å². The first-order valence-corrected chi connectivity index (χ1v) is 6.19. The smallest absolute Gasteiger partial charge is 0.0373 e. The standard InChI is InChI=1S/C14H22N2/c1-11(2)9-16(3)10-12-4-5-14-13(8-12)6-7-15-14/h4-5,8,11,15H,6-7,9-10H2,1-3H3. The Morgan fingerprint density at radius 2 is 2.19 bits per heavy atom. The van der Waals surface area contributed by atoms with Crippen LogP contribution in [0, 0.1) is 5.92 Å². The van der Waals surface area contributed by atoms with Crippen LogP contribution in [-0.4, -0.2) is 25.0 Å². The lowest BCUT2D eigenvalue weighted by Crippen LogP contribution is -2.22. The zero-order chi connectivity index (χ0) is 11.5.